The molecular weight excluding hydrogens is 561 g/mol. The molecule has 1 N–H and O–H groups in total. The van der Waals surface area contributed by atoms with Gasteiger partial charge in [-0.3, -0.25) is 4.79 Å². The Morgan fingerprint density at radius 3 is 2.45 bits per heavy atom. The Bertz CT molecular complexity index is 1550. The molecule has 7 nitrogen and oxygen atoms in total. The number of pyridine rings is 2. The number of ether oxygens (including phenoxy) is 1. The van der Waals surface area contributed by atoms with Crippen LogP contribution in [-0.2, 0) is 39.1 Å². The molecule has 2 aliphatic rings. The maximum Gasteiger partial charge on any atom is 0.343 e. The first-order valence-corrected chi connectivity index (χ1v) is 21.7. The molecule has 5 rings (SSSR count). The summed E-state index contributed by atoms with van der Waals surface area (Å²) in [6.07, 6.45) is 2.19. The van der Waals surface area contributed by atoms with Gasteiger partial charge in [0.2, 0.25) is 0 Å². The monoisotopic (exact) mass is 606 g/mol. The molecule has 1 atom stereocenters. The number of para-hydroxylation sites is 1. The molecule has 0 amide bonds. The number of fused-ring (bicyclic) bond motifs is 5. The van der Waals surface area contributed by atoms with Crippen LogP contribution in [0.3, 0.4) is 0 Å². The number of cyclic esters (lactones) is 1. The van der Waals surface area contributed by atoms with Crippen LogP contribution in [0, 0.1) is 0 Å². The molecule has 0 spiro atoms. The van der Waals surface area contributed by atoms with Crippen LogP contribution in [0.2, 0.25) is 43.3 Å². The summed E-state index contributed by atoms with van der Waals surface area (Å²) in [6, 6.07) is 16.0. The second-order valence-corrected chi connectivity index (χ2v) is 23.0. The van der Waals surface area contributed by atoms with Crippen LogP contribution >= 0.6 is 0 Å². The number of carbonyl (C=O) groups excluding carboxylic acids is 1. The average Bonchev–Trinajstić information content (AvgIpc) is 3.36. The predicted octanol–water partition coefficient (Wildman–Crippen LogP) is 6.74. The van der Waals surface area contributed by atoms with Crippen LogP contribution in [0.4, 0.5) is 0 Å². The zero-order valence-electron chi connectivity index (χ0n) is 26.1. The fourth-order valence-corrected chi connectivity index (χ4v) is 11.9. The molecule has 0 radical (unpaired) electrons. The smallest absolute Gasteiger partial charge is 0.343 e. The third-order valence-corrected chi connectivity index (χ3v) is 18.1. The van der Waals surface area contributed by atoms with Gasteiger partial charge in [-0.25, -0.2) is 9.78 Å². The van der Waals surface area contributed by atoms with Crippen molar-refractivity contribution in [1.29, 1.82) is 0 Å². The van der Waals surface area contributed by atoms with Gasteiger partial charge in [0.25, 0.3) is 5.56 Å². The van der Waals surface area contributed by atoms with E-state index in [9.17, 15) is 14.7 Å². The Morgan fingerprint density at radius 1 is 1.05 bits per heavy atom. The minimum absolute atomic E-state index is 0.115. The van der Waals surface area contributed by atoms with Crippen molar-refractivity contribution in [3.8, 4) is 11.4 Å². The van der Waals surface area contributed by atoms with E-state index in [-0.39, 0.29) is 18.6 Å². The number of hydrogen-bond acceptors (Lipinski definition) is 6. The molecule has 4 heterocycles. The number of esters is 1. The second-order valence-electron chi connectivity index (χ2n) is 12.9. The minimum atomic E-state index is -1.82. The molecule has 0 unspecified atom stereocenters. The molecule has 0 saturated carbocycles. The number of aryl methyl sites for hydroxylation is 1. The van der Waals surface area contributed by atoms with Crippen molar-refractivity contribution in [3.63, 3.8) is 0 Å². The molecule has 42 heavy (non-hydrogen) atoms. The number of aromatic nitrogens is 2. The fourth-order valence-electron chi connectivity index (χ4n) is 6.88. The van der Waals surface area contributed by atoms with E-state index < -0.39 is 28.0 Å². The van der Waals surface area contributed by atoms with Crippen LogP contribution in [0.15, 0.2) is 35.1 Å². The maximum atomic E-state index is 13.7. The van der Waals surface area contributed by atoms with Crippen LogP contribution in [0.25, 0.3) is 22.3 Å². The van der Waals surface area contributed by atoms with Crippen LogP contribution < -0.4 is 5.56 Å². The van der Waals surface area contributed by atoms with Gasteiger partial charge < -0.3 is 18.8 Å². The Hall–Kier alpha value is -2.60. The molecule has 226 valence electrons. The lowest BCUT2D eigenvalue weighted by Gasteiger charge is -2.31. The Balaban J connectivity index is 1.44. The summed E-state index contributed by atoms with van der Waals surface area (Å²) in [5.74, 6) is -0.697. The molecular formula is C33H46N2O5Si2. The SMILES string of the molecule is CC[C@@]1(O)C(=O)OCc2c1cc1n(c2=O)Cc2c-1nc1ccccc1c2CC[Si](C)(C)CCCO[Si](CC)(CC)CC. The van der Waals surface area contributed by atoms with E-state index in [0.717, 1.165) is 47.7 Å². The van der Waals surface area contributed by atoms with Gasteiger partial charge in [-0.15, -0.1) is 0 Å². The highest BCUT2D eigenvalue weighted by molar-refractivity contribution is 6.77. The molecule has 1 aromatic carbocycles. The van der Waals surface area contributed by atoms with E-state index in [1.165, 1.54) is 29.7 Å². The molecule has 0 fully saturated rings. The molecule has 3 aromatic rings. The van der Waals surface area contributed by atoms with Gasteiger partial charge in [-0.2, -0.15) is 0 Å². The van der Waals surface area contributed by atoms with Gasteiger partial charge in [0, 0.05) is 31.2 Å². The lowest BCUT2D eigenvalue weighted by atomic mass is 9.86. The second kappa shape index (κ2) is 11.8. The molecule has 9 heteroatoms. The van der Waals surface area contributed by atoms with Crippen LogP contribution in [-0.4, -0.2) is 43.6 Å². The topological polar surface area (TPSA) is 90.7 Å². The van der Waals surface area contributed by atoms with Crippen molar-refractivity contribution in [2.45, 2.75) is 109 Å². The third-order valence-electron chi connectivity index (χ3n) is 10.1. The van der Waals surface area contributed by atoms with Gasteiger partial charge >= 0.3 is 5.97 Å². The molecule has 0 bridgehead atoms. The van der Waals surface area contributed by atoms with Crippen molar-refractivity contribution in [1.82, 2.24) is 9.55 Å². The number of rotatable bonds is 12. The van der Waals surface area contributed by atoms with E-state index in [4.69, 9.17) is 14.1 Å². The van der Waals surface area contributed by atoms with Gasteiger partial charge in [-0.05, 0) is 55.1 Å². The first-order valence-electron chi connectivity index (χ1n) is 15.7. The molecule has 2 aliphatic heterocycles. The lowest BCUT2D eigenvalue weighted by Crippen LogP contribution is -2.44. The first-order chi connectivity index (χ1) is 20.0. The van der Waals surface area contributed by atoms with E-state index >= 15 is 0 Å². The maximum absolute atomic E-state index is 13.7. The normalized spacial score (nSPS) is 18.1. The molecule has 0 aliphatic carbocycles. The zero-order valence-corrected chi connectivity index (χ0v) is 28.1. The summed E-state index contributed by atoms with van der Waals surface area (Å²) in [4.78, 5) is 31.3. The summed E-state index contributed by atoms with van der Waals surface area (Å²) >= 11 is 0. The quantitative estimate of drug-likeness (QED) is 0.109. The first kappa shape index (κ1) is 30.8. The zero-order chi connectivity index (χ0) is 30.3. The number of benzene rings is 1. The Labute approximate surface area is 251 Å². The highest BCUT2D eigenvalue weighted by atomic mass is 28.4. The van der Waals surface area contributed by atoms with E-state index in [1.54, 1.807) is 11.5 Å². The molecule has 0 saturated heterocycles. The number of hydrogen-bond donors (Lipinski definition) is 1. The van der Waals surface area contributed by atoms with E-state index in [0.29, 0.717) is 23.4 Å². The van der Waals surface area contributed by atoms with Gasteiger partial charge in [-0.1, -0.05) is 71.1 Å². The van der Waals surface area contributed by atoms with Gasteiger partial charge in [0.1, 0.15) is 6.61 Å². The summed E-state index contributed by atoms with van der Waals surface area (Å²) in [6.45, 7) is 14.8. The summed E-state index contributed by atoms with van der Waals surface area (Å²) < 4.78 is 13.5. The number of aliphatic hydroxyl groups is 1. The van der Waals surface area contributed by atoms with Gasteiger partial charge in [0.05, 0.1) is 29.0 Å². The fraction of sp³-hybridized carbons (Fsp3) is 0.545. The lowest BCUT2D eigenvalue weighted by molar-refractivity contribution is -0.172. The Morgan fingerprint density at radius 2 is 1.76 bits per heavy atom. The van der Waals surface area contributed by atoms with Crippen molar-refractivity contribution < 1.29 is 19.1 Å². The van der Waals surface area contributed by atoms with Crippen LogP contribution in [0.5, 0.6) is 0 Å². The third kappa shape index (κ3) is 5.33. The van der Waals surface area contributed by atoms with Crippen LogP contribution in [0.1, 0.15) is 62.8 Å². The summed E-state index contributed by atoms with van der Waals surface area (Å²) in [7, 11) is -3.07. The average molecular weight is 607 g/mol. The van der Waals surface area contributed by atoms with Gasteiger partial charge in [0.15, 0.2) is 13.9 Å². The highest BCUT2D eigenvalue weighted by Crippen LogP contribution is 2.41. The van der Waals surface area contributed by atoms with Crippen molar-refractivity contribution in [2.75, 3.05) is 6.61 Å². The highest BCUT2D eigenvalue weighted by Gasteiger charge is 2.45. The summed E-state index contributed by atoms with van der Waals surface area (Å²) in [5.41, 5.74) is 3.40. The van der Waals surface area contributed by atoms with E-state index in [2.05, 4.69) is 46.0 Å². The predicted molar refractivity (Wildman–Crippen MR) is 173 cm³/mol. The molecule has 2 aromatic heterocycles. The largest absolute Gasteiger partial charge is 0.458 e. The van der Waals surface area contributed by atoms with Crippen molar-refractivity contribution >= 4 is 33.3 Å². The number of carbonyl (C=O) groups is 1. The standard InChI is InChI=1S/C33H46N2O5Si2/c1-7-33(38)27-20-29-30-25(21-35(29)31(36)26(27)22-39-32(33)37)23(24-14-11-12-15-28(24)34-30)16-19-41(5,6)18-13-17-40-42(8-2,9-3)10-4/h11-12,14-15,20,38H,7-10,13,16-19,21-22H2,1-6H3/t33-/m0/s1. The van der Waals surface area contributed by atoms with Crippen molar-refractivity contribution in [2.24, 2.45) is 0 Å². The minimum Gasteiger partial charge on any atom is -0.458 e. The Kier molecular flexibility index (Phi) is 8.69. The van der Waals surface area contributed by atoms with Crippen molar-refractivity contribution in [3.05, 3.63) is 62.9 Å². The summed E-state index contributed by atoms with van der Waals surface area (Å²) in [5, 5.41) is 12.4. The number of nitrogens with zero attached hydrogens (tertiary/aromatic N) is 2. The van der Waals surface area contributed by atoms with E-state index in [1.807, 2.05) is 18.2 Å².